The molecule has 16 heavy (non-hydrogen) atoms. The number of rotatable bonds is 5. The second kappa shape index (κ2) is 6.34. The van der Waals surface area contributed by atoms with Gasteiger partial charge in [-0.25, -0.2) is 9.97 Å². The minimum absolute atomic E-state index is 0.486. The van der Waals surface area contributed by atoms with Crippen molar-refractivity contribution >= 4 is 28.5 Å². The summed E-state index contributed by atoms with van der Waals surface area (Å²) in [6.07, 6.45) is 9.16. The first-order valence-electron chi connectivity index (χ1n) is 5.67. The zero-order valence-electron chi connectivity index (χ0n) is 9.16. The second-order valence-electron chi connectivity index (χ2n) is 3.93. The molecule has 88 valence electrons. The summed E-state index contributed by atoms with van der Waals surface area (Å²) in [5.41, 5.74) is 0. The molecule has 0 saturated heterocycles. The number of halogens is 1. The van der Waals surface area contributed by atoms with Crippen molar-refractivity contribution in [3.63, 3.8) is 0 Å². The lowest BCUT2D eigenvalue weighted by molar-refractivity contribution is 0.0658. The molecule has 4 nitrogen and oxygen atoms in total. The van der Waals surface area contributed by atoms with Crippen LogP contribution in [0.4, 0.5) is 5.95 Å². The topological polar surface area (TPSA) is 47.0 Å². The van der Waals surface area contributed by atoms with Crippen LogP contribution in [0.15, 0.2) is 12.4 Å². The maximum absolute atomic E-state index is 5.73. The molecule has 0 radical (unpaired) electrons. The molecule has 1 aliphatic carbocycles. The Bertz CT molecular complexity index is 312. The average molecular weight is 333 g/mol. The van der Waals surface area contributed by atoms with E-state index in [1.165, 1.54) is 25.7 Å². The maximum Gasteiger partial charge on any atom is 0.222 e. The Morgan fingerprint density at radius 3 is 2.69 bits per heavy atom. The number of anilines is 1. The van der Waals surface area contributed by atoms with E-state index in [4.69, 9.17) is 4.74 Å². The highest BCUT2D eigenvalue weighted by Crippen LogP contribution is 2.20. The van der Waals surface area contributed by atoms with Crippen LogP contribution in [0.3, 0.4) is 0 Å². The van der Waals surface area contributed by atoms with E-state index in [1.54, 1.807) is 12.4 Å². The Labute approximate surface area is 109 Å². The predicted molar refractivity (Wildman–Crippen MR) is 71.4 cm³/mol. The predicted octanol–water partition coefficient (Wildman–Crippen LogP) is 2.45. The first-order valence-corrected chi connectivity index (χ1v) is 6.75. The summed E-state index contributed by atoms with van der Waals surface area (Å²) < 4.78 is 6.78. The Morgan fingerprint density at radius 2 is 2.00 bits per heavy atom. The van der Waals surface area contributed by atoms with E-state index in [0.717, 1.165) is 16.7 Å². The zero-order chi connectivity index (χ0) is 11.2. The van der Waals surface area contributed by atoms with Crippen LogP contribution in [0, 0.1) is 3.57 Å². The van der Waals surface area contributed by atoms with Crippen LogP contribution < -0.4 is 5.32 Å². The summed E-state index contributed by atoms with van der Waals surface area (Å²) in [6.45, 7) is 1.51. The smallest absolute Gasteiger partial charge is 0.222 e. The van der Waals surface area contributed by atoms with E-state index in [9.17, 15) is 0 Å². The molecule has 1 N–H and O–H groups in total. The molecule has 1 aliphatic rings. The Kier molecular flexibility index (Phi) is 4.77. The van der Waals surface area contributed by atoms with Crippen LogP contribution in [-0.4, -0.2) is 29.2 Å². The van der Waals surface area contributed by atoms with E-state index in [1.807, 2.05) is 0 Å². The quantitative estimate of drug-likeness (QED) is 0.664. The van der Waals surface area contributed by atoms with Crippen LogP contribution in [0.25, 0.3) is 0 Å². The lowest BCUT2D eigenvalue weighted by atomic mass is 10.3. The van der Waals surface area contributed by atoms with Crippen molar-refractivity contribution < 1.29 is 4.74 Å². The lowest BCUT2D eigenvalue weighted by Gasteiger charge is -2.11. The minimum atomic E-state index is 0.486. The SMILES string of the molecule is Ic1cnc(NCCOC2CCCC2)nc1. The van der Waals surface area contributed by atoms with Crippen LogP contribution in [0.5, 0.6) is 0 Å². The third-order valence-corrected chi connectivity index (χ3v) is 3.22. The van der Waals surface area contributed by atoms with E-state index in [0.29, 0.717) is 12.1 Å². The van der Waals surface area contributed by atoms with Crippen LogP contribution >= 0.6 is 22.6 Å². The molecule has 2 rings (SSSR count). The van der Waals surface area contributed by atoms with Crippen LogP contribution in [0.1, 0.15) is 25.7 Å². The van der Waals surface area contributed by atoms with Crippen molar-refractivity contribution in [2.75, 3.05) is 18.5 Å². The molecule has 1 aromatic rings. The summed E-state index contributed by atoms with van der Waals surface area (Å²) >= 11 is 2.19. The third-order valence-electron chi connectivity index (χ3n) is 2.66. The lowest BCUT2D eigenvalue weighted by Crippen LogP contribution is -2.16. The molecule has 0 spiro atoms. The van der Waals surface area contributed by atoms with Gasteiger partial charge in [0.05, 0.1) is 12.7 Å². The molecule has 0 amide bonds. The van der Waals surface area contributed by atoms with Gasteiger partial charge in [0, 0.05) is 22.5 Å². The summed E-state index contributed by atoms with van der Waals surface area (Å²) in [5.74, 6) is 0.676. The number of nitrogens with zero attached hydrogens (tertiary/aromatic N) is 2. The molecule has 0 atom stereocenters. The Balaban J connectivity index is 1.62. The van der Waals surface area contributed by atoms with Gasteiger partial charge in [-0.1, -0.05) is 12.8 Å². The van der Waals surface area contributed by atoms with Crippen molar-refractivity contribution in [1.82, 2.24) is 9.97 Å². The van der Waals surface area contributed by atoms with E-state index < -0.39 is 0 Å². The number of ether oxygens (including phenoxy) is 1. The standard InChI is InChI=1S/C11H16IN3O/c12-9-7-14-11(15-8-9)13-5-6-16-10-3-1-2-4-10/h7-8,10H,1-6H2,(H,13,14,15). The molecule has 1 saturated carbocycles. The van der Waals surface area contributed by atoms with Gasteiger partial charge in [-0.3, -0.25) is 0 Å². The summed E-state index contributed by atoms with van der Waals surface area (Å²) in [6, 6.07) is 0. The zero-order valence-corrected chi connectivity index (χ0v) is 11.3. The average Bonchev–Trinajstić information content (AvgIpc) is 2.80. The molecule has 1 fully saturated rings. The van der Waals surface area contributed by atoms with Crippen molar-refractivity contribution in [2.24, 2.45) is 0 Å². The number of hydrogen-bond donors (Lipinski definition) is 1. The van der Waals surface area contributed by atoms with Gasteiger partial charge in [0.2, 0.25) is 5.95 Å². The fourth-order valence-electron chi connectivity index (χ4n) is 1.85. The third kappa shape index (κ3) is 3.86. The minimum Gasteiger partial charge on any atom is -0.376 e. The first kappa shape index (κ1) is 12.0. The fourth-order valence-corrected chi connectivity index (χ4v) is 2.13. The maximum atomic E-state index is 5.73. The van der Waals surface area contributed by atoms with Crippen molar-refractivity contribution in [2.45, 2.75) is 31.8 Å². The first-order chi connectivity index (χ1) is 7.84. The van der Waals surface area contributed by atoms with E-state index in [2.05, 4.69) is 37.9 Å². The molecule has 0 aliphatic heterocycles. The Morgan fingerprint density at radius 1 is 1.31 bits per heavy atom. The number of hydrogen-bond acceptors (Lipinski definition) is 4. The van der Waals surface area contributed by atoms with E-state index in [-0.39, 0.29) is 0 Å². The van der Waals surface area contributed by atoms with Crippen LogP contribution in [0.2, 0.25) is 0 Å². The Hall–Kier alpha value is -0.430. The van der Waals surface area contributed by atoms with Gasteiger partial charge >= 0.3 is 0 Å². The highest BCUT2D eigenvalue weighted by molar-refractivity contribution is 14.1. The molecule has 0 unspecified atom stereocenters. The number of nitrogens with one attached hydrogen (secondary N) is 1. The molecule has 5 heteroatoms. The van der Waals surface area contributed by atoms with Crippen molar-refractivity contribution in [1.29, 1.82) is 0 Å². The van der Waals surface area contributed by atoms with Gasteiger partial charge in [0.1, 0.15) is 0 Å². The highest BCUT2D eigenvalue weighted by atomic mass is 127. The normalized spacial score (nSPS) is 16.6. The van der Waals surface area contributed by atoms with Gasteiger partial charge < -0.3 is 10.1 Å². The summed E-state index contributed by atoms with van der Waals surface area (Å²) in [4.78, 5) is 8.32. The molecular formula is C11H16IN3O. The highest BCUT2D eigenvalue weighted by Gasteiger charge is 2.14. The van der Waals surface area contributed by atoms with Gasteiger partial charge in [-0.05, 0) is 35.4 Å². The number of aromatic nitrogens is 2. The van der Waals surface area contributed by atoms with Crippen LogP contribution in [-0.2, 0) is 4.74 Å². The second-order valence-corrected chi connectivity index (χ2v) is 5.17. The van der Waals surface area contributed by atoms with Gasteiger partial charge in [0.15, 0.2) is 0 Å². The summed E-state index contributed by atoms with van der Waals surface area (Å²) in [5, 5.41) is 3.15. The largest absolute Gasteiger partial charge is 0.376 e. The monoisotopic (exact) mass is 333 g/mol. The van der Waals surface area contributed by atoms with Gasteiger partial charge in [-0.2, -0.15) is 0 Å². The molecular weight excluding hydrogens is 317 g/mol. The van der Waals surface area contributed by atoms with Crippen molar-refractivity contribution in [3.8, 4) is 0 Å². The fraction of sp³-hybridized carbons (Fsp3) is 0.636. The molecule has 1 aromatic heterocycles. The summed E-state index contributed by atoms with van der Waals surface area (Å²) in [7, 11) is 0. The molecule has 0 bridgehead atoms. The van der Waals surface area contributed by atoms with Crippen molar-refractivity contribution in [3.05, 3.63) is 16.0 Å². The molecule has 1 heterocycles. The van der Waals surface area contributed by atoms with Gasteiger partial charge in [-0.15, -0.1) is 0 Å². The molecule has 0 aromatic carbocycles. The van der Waals surface area contributed by atoms with E-state index >= 15 is 0 Å². The van der Waals surface area contributed by atoms with Gasteiger partial charge in [0.25, 0.3) is 0 Å².